The molecular formula is C16H24N4O2. The number of hydrogen-bond donors (Lipinski definition) is 1. The Labute approximate surface area is 131 Å². The van der Waals surface area contributed by atoms with E-state index in [4.69, 9.17) is 4.74 Å². The maximum atomic E-state index is 12.3. The first kappa shape index (κ1) is 15.4. The Balaban J connectivity index is 1.53. The van der Waals surface area contributed by atoms with Crippen molar-refractivity contribution in [2.45, 2.75) is 64.4 Å². The Morgan fingerprint density at radius 2 is 2.27 bits per heavy atom. The molecular weight excluding hydrogens is 280 g/mol. The van der Waals surface area contributed by atoms with E-state index in [9.17, 15) is 4.79 Å². The van der Waals surface area contributed by atoms with Crippen molar-refractivity contribution in [2.24, 2.45) is 0 Å². The van der Waals surface area contributed by atoms with Gasteiger partial charge in [-0.1, -0.05) is 0 Å². The molecule has 2 aliphatic rings. The highest BCUT2D eigenvalue weighted by Crippen LogP contribution is 2.34. The van der Waals surface area contributed by atoms with E-state index in [-0.39, 0.29) is 18.1 Å². The molecule has 0 spiro atoms. The van der Waals surface area contributed by atoms with Crippen LogP contribution in [0.5, 0.6) is 0 Å². The summed E-state index contributed by atoms with van der Waals surface area (Å²) in [6.07, 6.45) is 5.08. The van der Waals surface area contributed by atoms with Gasteiger partial charge in [0.1, 0.15) is 6.10 Å². The number of ether oxygens (including phenoxy) is 1. The molecule has 1 amide bonds. The molecule has 0 aromatic carbocycles. The molecule has 0 bridgehead atoms. The predicted molar refractivity (Wildman–Crippen MR) is 82.1 cm³/mol. The zero-order valence-electron chi connectivity index (χ0n) is 13.5. The van der Waals surface area contributed by atoms with Crippen molar-refractivity contribution in [3.8, 4) is 0 Å². The monoisotopic (exact) mass is 304 g/mol. The quantitative estimate of drug-likeness (QED) is 0.900. The third kappa shape index (κ3) is 3.13. The third-order valence-corrected chi connectivity index (χ3v) is 4.56. The lowest BCUT2D eigenvalue weighted by atomic mass is 10.1. The summed E-state index contributed by atoms with van der Waals surface area (Å²) in [5, 5.41) is 2.91. The van der Waals surface area contributed by atoms with Crippen LogP contribution in [0.1, 0.15) is 38.1 Å². The number of fused-ring (bicyclic) bond motifs is 1. The van der Waals surface area contributed by atoms with E-state index < -0.39 is 0 Å². The van der Waals surface area contributed by atoms with E-state index in [1.807, 2.05) is 6.92 Å². The normalized spacial score (nSPS) is 28.1. The van der Waals surface area contributed by atoms with Crippen LogP contribution in [0, 0.1) is 6.92 Å². The maximum absolute atomic E-state index is 12.3. The molecule has 1 N–H and O–H groups in total. The van der Waals surface area contributed by atoms with Gasteiger partial charge in [-0.2, -0.15) is 0 Å². The second kappa shape index (κ2) is 6.30. The molecule has 2 fully saturated rings. The molecule has 3 atom stereocenters. The van der Waals surface area contributed by atoms with Crippen molar-refractivity contribution in [1.29, 1.82) is 0 Å². The molecule has 6 nitrogen and oxygen atoms in total. The molecule has 2 saturated heterocycles. The molecule has 1 aromatic rings. The highest BCUT2D eigenvalue weighted by atomic mass is 16.5. The van der Waals surface area contributed by atoms with Crippen LogP contribution in [-0.4, -0.2) is 51.6 Å². The zero-order valence-corrected chi connectivity index (χ0v) is 13.5. The summed E-state index contributed by atoms with van der Waals surface area (Å²) in [7, 11) is 0. The van der Waals surface area contributed by atoms with Crippen LogP contribution in [0.25, 0.3) is 0 Å². The first-order valence-corrected chi connectivity index (χ1v) is 8.01. The van der Waals surface area contributed by atoms with Gasteiger partial charge in [-0.05, 0) is 27.2 Å². The van der Waals surface area contributed by atoms with Gasteiger partial charge in [-0.3, -0.25) is 19.7 Å². The van der Waals surface area contributed by atoms with Crippen molar-refractivity contribution in [2.75, 3.05) is 6.54 Å². The second-order valence-electron chi connectivity index (χ2n) is 6.45. The lowest BCUT2D eigenvalue weighted by Crippen LogP contribution is -2.39. The molecule has 120 valence electrons. The lowest BCUT2D eigenvalue weighted by Gasteiger charge is -2.26. The smallest absolute Gasteiger partial charge is 0.249 e. The Kier molecular flexibility index (Phi) is 4.40. The van der Waals surface area contributed by atoms with Crippen molar-refractivity contribution in [3.63, 3.8) is 0 Å². The van der Waals surface area contributed by atoms with Gasteiger partial charge in [0.05, 0.1) is 30.2 Å². The summed E-state index contributed by atoms with van der Waals surface area (Å²) in [4.78, 5) is 23.2. The van der Waals surface area contributed by atoms with Gasteiger partial charge >= 0.3 is 0 Å². The largest absolute Gasteiger partial charge is 0.363 e. The van der Waals surface area contributed by atoms with Gasteiger partial charge < -0.3 is 10.1 Å². The van der Waals surface area contributed by atoms with Gasteiger partial charge in [0.2, 0.25) is 5.91 Å². The summed E-state index contributed by atoms with van der Waals surface area (Å²) in [5.41, 5.74) is 1.64. The number of amides is 1. The number of nitrogens with one attached hydrogen (secondary N) is 1. The Hall–Kier alpha value is -1.53. The number of carbonyl (C=O) groups excluding carboxylic acids is 1. The molecule has 0 saturated carbocycles. The number of aryl methyl sites for hydroxylation is 1. The molecule has 22 heavy (non-hydrogen) atoms. The first-order chi connectivity index (χ1) is 10.5. The molecule has 0 aliphatic carbocycles. The minimum absolute atomic E-state index is 0.0412. The molecule has 0 radical (unpaired) electrons. The van der Waals surface area contributed by atoms with E-state index in [0.717, 1.165) is 30.8 Å². The number of likely N-dealkylation sites (tertiary alicyclic amines) is 1. The van der Waals surface area contributed by atoms with Crippen molar-refractivity contribution in [1.82, 2.24) is 20.2 Å². The van der Waals surface area contributed by atoms with Gasteiger partial charge in [0.25, 0.3) is 0 Å². The van der Waals surface area contributed by atoms with Crippen LogP contribution in [0.15, 0.2) is 12.4 Å². The molecule has 6 heteroatoms. The number of rotatable bonds is 4. The van der Waals surface area contributed by atoms with Crippen molar-refractivity contribution < 1.29 is 9.53 Å². The van der Waals surface area contributed by atoms with Crippen LogP contribution in [0.4, 0.5) is 0 Å². The topological polar surface area (TPSA) is 67.4 Å². The molecule has 3 heterocycles. The molecule has 0 unspecified atom stereocenters. The van der Waals surface area contributed by atoms with E-state index in [0.29, 0.717) is 18.6 Å². The van der Waals surface area contributed by atoms with E-state index in [1.54, 1.807) is 12.4 Å². The number of carbonyl (C=O) groups is 1. The fraction of sp³-hybridized carbons (Fsp3) is 0.688. The molecule has 1 aromatic heterocycles. The first-order valence-electron chi connectivity index (χ1n) is 8.01. The van der Waals surface area contributed by atoms with Crippen LogP contribution in [-0.2, 0) is 16.1 Å². The minimum atomic E-state index is -0.338. The standard InChI is InChI=1S/C16H24N4O2/c1-10(2)20-5-4-14-13(20)6-15(22-14)16(21)19-9-12-8-17-11(3)7-18-12/h7-8,10,13-15H,4-6,9H2,1-3H3,(H,19,21)/t13-,14-,15+/m0/s1. The number of nitrogens with zero attached hydrogens (tertiary/aromatic N) is 3. The zero-order chi connectivity index (χ0) is 15.7. The average Bonchev–Trinajstić information content (AvgIpc) is 3.06. The van der Waals surface area contributed by atoms with Crippen LogP contribution >= 0.6 is 0 Å². The van der Waals surface area contributed by atoms with Gasteiger partial charge in [-0.15, -0.1) is 0 Å². The number of hydrogen-bond acceptors (Lipinski definition) is 5. The van der Waals surface area contributed by atoms with Crippen LogP contribution in [0.2, 0.25) is 0 Å². The third-order valence-electron chi connectivity index (χ3n) is 4.56. The summed E-state index contributed by atoms with van der Waals surface area (Å²) in [6, 6.07) is 0.887. The lowest BCUT2D eigenvalue weighted by molar-refractivity contribution is -0.132. The Morgan fingerprint density at radius 3 is 2.95 bits per heavy atom. The van der Waals surface area contributed by atoms with E-state index in [2.05, 4.69) is 34.0 Å². The average molecular weight is 304 g/mol. The van der Waals surface area contributed by atoms with E-state index >= 15 is 0 Å². The number of aromatic nitrogens is 2. The van der Waals surface area contributed by atoms with Crippen molar-refractivity contribution >= 4 is 5.91 Å². The molecule has 3 rings (SSSR count). The van der Waals surface area contributed by atoms with Gasteiger partial charge in [0, 0.05) is 31.2 Å². The van der Waals surface area contributed by atoms with E-state index in [1.165, 1.54) is 0 Å². The maximum Gasteiger partial charge on any atom is 0.249 e. The van der Waals surface area contributed by atoms with Crippen LogP contribution < -0.4 is 5.32 Å². The van der Waals surface area contributed by atoms with Gasteiger partial charge in [-0.25, -0.2) is 0 Å². The highest BCUT2D eigenvalue weighted by molar-refractivity contribution is 5.81. The summed E-state index contributed by atoms with van der Waals surface area (Å²) in [6.45, 7) is 7.76. The summed E-state index contributed by atoms with van der Waals surface area (Å²) >= 11 is 0. The Morgan fingerprint density at radius 1 is 1.45 bits per heavy atom. The molecule has 2 aliphatic heterocycles. The van der Waals surface area contributed by atoms with Crippen LogP contribution in [0.3, 0.4) is 0 Å². The summed E-state index contributed by atoms with van der Waals surface area (Å²) < 4.78 is 5.95. The summed E-state index contributed by atoms with van der Waals surface area (Å²) in [5.74, 6) is -0.0412. The second-order valence-corrected chi connectivity index (χ2v) is 6.45. The predicted octanol–water partition coefficient (Wildman–Crippen LogP) is 1.04. The van der Waals surface area contributed by atoms with Gasteiger partial charge in [0.15, 0.2) is 0 Å². The fourth-order valence-electron chi connectivity index (χ4n) is 3.39. The Bertz CT molecular complexity index is 531. The highest BCUT2D eigenvalue weighted by Gasteiger charge is 2.46. The fourth-order valence-corrected chi connectivity index (χ4v) is 3.39. The SMILES string of the molecule is Cc1cnc(CNC(=O)[C@H]2C[C@H]3[C@H](CCN3C(C)C)O2)cn1. The minimum Gasteiger partial charge on any atom is -0.363 e. The van der Waals surface area contributed by atoms with Crippen molar-refractivity contribution in [3.05, 3.63) is 23.8 Å².